The first kappa shape index (κ1) is 16.8. The van der Waals surface area contributed by atoms with Crippen molar-refractivity contribution in [3.05, 3.63) is 70.7 Å². The number of thiazole rings is 1. The number of aromatic nitrogens is 1. The number of ether oxygens (including phenoxy) is 1. The second-order valence-electron chi connectivity index (χ2n) is 6.63. The van der Waals surface area contributed by atoms with Crippen LogP contribution in [-0.4, -0.2) is 10.9 Å². The van der Waals surface area contributed by atoms with Gasteiger partial charge in [0, 0.05) is 10.4 Å². The number of hydrogen-bond donors (Lipinski definition) is 1. The summed E-state index contributed by atoms with van der Waals surface area (Å²) in [6.45, 7) is 2.26. The minimum atomic E-state index is -0.143. The molecule has 2 aromatic carbocycles. The minimum Gasteiger partial charge on any atom is -0.457 e. The lowest BCUT2D eigenvalue weighted by Gasteiger charge is -2.15. The summed E-state index contributed by atoms with van der Waals surface area (Å²) in [6, 6.07) is 16.7. The number of benzene rings is 2. The van der Waals surface area contributed by atoms with Crippen LogP contribution in [0.25, 0.3) is 0 Å². The van der Waals surface area contributed by atoms with E-state index in [1.54, 1.807) is 35.6 Å². The van der Waals surface area contributed by atoms with Gasteiger partial charge in [0.15, 0.2) is 5.13 Å². The van der Waals surface area contributed by atoms with Crippen LogP contribution in [0.4, 0.5) is 5.13 Å². The number of carbonyl (C=O) groups is 1. The number of hydrogen-bond acceptors (Lipinski definition) is 4. The van der Waals surface area contributed by atoms with Crippen LogP contribution in [0.2, 0.25) is 0 Å². The monoisotopic (exact) mass is 364 g/mol. The first-order chi connectivity index (χ1) is 12.7. The molecule has 0 fully saturated rings. The highest BCUT2D eigenvalue weighted by Gasteiger charge is 2.20. The van der Waals surface area contributed by atoms with E-state index in [4.69, 9.17) is 4.74 Å². The quantitative estimate of drug-likeness (QED) is 0.682. The first-order valence-electron chi connectivity index (χ1n) is 8.80. The maximum absolute atomic E-state index is 12.5. The second kappa shape index (κ2) is 7.30. The predicted molar refractivity (Wildman–Crippen MR) is 104 cm³/mol. The SMILES string of the molecule is CC1CCc2nc(NC(=O)c3ccc(Oc4ccccc4)cc3)sc2C1. The van der Waals surface area contributed by atoms with Gasteiger partial charge in [-0.25, -0.2) is 4.98 Å². The van der Waals surface area contributed by atoms with Gasteiger partial charge in [0.25, 0.3) is 5.91 Å². The molecule has 0 radical (unpaired) electrons. The van der Waals surface area contributed by atoms with Crippen LogP contribution in [-0.2, 0) is 12.8 Å². The number of amides is 1. The van der Waals surface area contributed by atoms with E-state index in [2.05, 4.69) is 17.2 Å². The van der Waals surface area contributed by atoms with Gasteiger partial charge in [0.2, 0.25) is 0 Å². The van der Waals surface area contributed by atoms with Crippen molar-refractivity contribution in [3.8, 4) is 11.5 Å². The van der Waals surface area contributed by atoms with Gasteiger partial charge in [0.05, 0.1) is 5.69 Å². The number of nitrogens with zero attached hydrogens (tertiary/aromatic N) is 1. The molecule has 1 aliphatic rings. The van der Waals surface area contributed by atoms with Crippen LogP contribution >= 0.6 is 11.3 Å². The Kier molecular flexibility index (Phi) is 4.71. The lowest BCUT2D eigenvalue weighted by Crippen LogP contribution is -2.11. The molecule has 4 nitrogen and oxygen atoms in total. The molecule has 0 spiro atoms. The maximum atomic E-state index is 12.5. The van der Waals surface area contributed by atoms with Crippen LogP contribution in [0, 0.1) is 5.92 Å². The fourth-order valence-electron chi connectivity index (χ4n) is 3.06. The first-order valence-corrected chi connectivity index (χ1v) is 9.62. The van der Waals surface area contributed by atoms with Crippen molar-refractivity contribution < 1.29 is 9.53 Å². The van der Waals surface area contributed by atoms with Gasteiger partial charge in [-0.1, -0.05) is 25.1 Å². The van der Waals surface area contributed by atoms with E-state index in [1.165, 1.54) is 11.3 Å². The maximum Gasteiger partial charge on any atom is 0.257 e. The second-order valence-corrected chi connectivity index (χ2v) is 7.71. The molecule has 1 N–H and O–H groups in total. The van der Waals surface area contributed by atoms with E-state index in [-0.39, 0.29) is 5.91 Å². The zero-order valence-corrected chi connectivity index (χ0v) is 15.4. The van der Waals surface area contributed by atoms with E-state index in [1.807, 2.05) is 30.3 Å². The largest absolute Gasteiger partial charge is 0.457 e. The lowest BCUT2D eigenvalue weighted by molar-refractivity contribution is 0.102. The number of nitrogens with one attached hydrogen (secondary N) is 1. The van der Waals surface area contributed by atoms with Crippen LogP contribution in [0.5, 0.6) is 11.5 Å². The van der Waals surface area contributed by atoms with Crippen LogP contribution in [0.15, 0.2) is 54.6 Å². The summed E-state index contributed by atoms with van der Waals surface area (Å²) >= 11 is 1.60. The molecule has 0 saturated heterocycles. The Bertz CT molecular complexity index is 904. The molecule has 1 aromatic heterocycles. The third-order valence-electron chi connectivity index (χ3n) is 4.50. The van der Waals surface area contributed by atoms with Gasteiger partial charge in [-0.15, -0.1) is 11.3 Å². The Hall–Kier alpha value is -2.66. The number of anilines is 1. The molecule has 1 aliphatic carbocycles. The average Bonchev–Trinajstić information content (AvgIpc) is 3.04. The highest BCUT2D eigenvalue weighted by molar-refractivity contribution is 7.15. The van der Waals surface area contributed by atoms with E-state index in [9.17, 15) is 4.79 Å². The number of fused-ring (bicyclic) bond motifs is 1. The summed E-state index contributed by atoms with van der Waals surface area (Å²) in [6.07, 6.45) is 3.25. The van der Waals surface area contributed by atoms with Crippen LogP contribution in [0.3, 0.4) is 0 Å². The number of carbonyl (C=O) groups excluding carboxylic acids is 1. The molecule has 0 bridgehead atoms. The highest BCUT2D eigenvalue weighted by Crippen LogP contribution is 2.32. The number of aryl methyl sites for hydroxylation is 1. The molecule has 26 heavy (non-hydrogen) atoms. The standard InChI is InChI=1S/C21H20N2O2S/c1-14-7-12-18-19(13-14)26-21(22-18)23-20(24)15-8-10-17(11-9-15)25-16-5-3-2-4-6-16/h2-6,8-11,14H,7,12-13H2,1H3,(H,22,23,24). The Balaban J connectivity index is 1.42. The molecule has 0 aliphatic heterocycles. The minimum absolute atomic E-state index is 0.143. The summed E-state index contributed by atoms with van der Waals surface area (Å²) in [7, 11) is 0. The summed E-state index contributed by atoms with van der Waals surface area (Å²) < 4.78 is 5.75. The Labute approximate surface area is 156 Å². The van der Waals surface area contributed by atoms with E-state index in [0.29, 0.717) is 22.4 Å². The van der Waals surface area contributed by atoms with Gasteiger partial charge < -0.3 is 4.74 Å². The Morgan fingerprint density at radius 1 is 1.12 bits per heavy atom. The van der Waals surface area contributed by atoms with E-state index >= 15 is 0 Å². The Morgan fingerprint density at radius 2 is 1.85 bits per heavy atom. The fraction of sp³-hybridized carbons (Fsp3) is 0.238. The van der Waals surface area contributed by atoms with Crippen molar-refractivity contribution in [2.24, 2.45) is 5.92 Å². The van der Waals surface area contributed by atoms with Gasteiger partial charge in [-0.3, -0.25) is 10.1 Å². The van der Waals surface area contributed by atoms with Crippen molar-refractivity contribution in [1.29, 1.82) is 0 Å². The summed E-state index contributed by atoms with van der Waals surface area (Å²) in [5.41, 5.74) is 1.74. The van der Waals surface area contributed by atoms with Crippen LogP contribution < -0.4 is 10.1 Å². The molecule has 1 atom stereocenters. The molecule has 4 rings (SSSR count). The van der Waals surface area contributed by atoms with Crippen LogP contribution in [0.1, 0.15) is 34.3 Å². The van der Waals surface area contributed by atoms with Crippen molar-refractivity contribution >= 4 is 22.4 Å². The number of para-hydroxylation sites is 1. The topological polar surface area (TPSA) is 51.2 Å². The van der Waals surface area contributed by atoms with Crippen molar-refractivity contribution in [2.45, 2.75) is 26.2 Å². The summed E-state index contributed by atoms with van der Waals surface area (Å²) in [5, 5.41) is 3.62. The Morgan fingerprint density at radius 3 is 2.62 bits per heavy atom. The van der Waals surface area contributed by atoms with Gasteiger partial charge in [-0.05, 0) is 61.6 Å². The third kappa shape index (κ3) is 3.78. The van der Waals surface area contributed by atoms with Crippen molar-refractivity contribution in [3.63, 3.8) is 0 Å². The molecule has 1 unspecified atom stereocenters. The van der Waals surface area contributed by atoms with Crippen molar-refractivity contribution in [1.82, 2.24) is 4.98 Å². The van der Waals surface area contributed by atoms with Gasteiger partial charge in [0.1, 0.15) is 11.5 Å². The normalized spacial score (nSPS) is 16.0. The summed E-state index contributed by atoms with van der Waals surface area (Å²) in [5.74, 6) is 2.03. The average molecular weight is 364 g/mol. The molecule has 3 aromatic rings. The highest BCUT2D eigenvalue weighted by atomic mass is 32.1. The molecule has 1 heterocycles. The predicted octanol–water partition coefficient (Wildman–Crippen LogP) is 5.31. The lowest BCUT2D eigenvalue weighted by atomic mass is 9.93. The van der Waals surface area contributed by atoms with Gasteiger partial charge >= 0.3 is 0 Å². The smallest absolute Gasteiger partial charge is 0.257 e. The summed E-state index contributed by atoms with van der Waals surface area (Å²) in [4.78, 5) is 18.4. The number of rotatable bonds is 4. The van der Waals surface area contributed by atoms with Gasteiger partial charge in [-0.2, -0.15) is 0 Å². The third-order valence-corrected chi connectivity index (χ3v) is 5.54. The molecule has 132 valence electrons. The van der Waals surface area contributed by atoms with E-state index < -0.39 is 0 Å². The van der Waals surface area contributed by atoms with Crippen molar-refractivity contribution in [2.75, 3.05) is 5.32 Å². The fourth-order valence-corrected chi connectivity index (χ4v) is 4.23. The molecule has 1 amide bonds. The molecule has 5 heteroatoms. The zero-order valence-electron chi connectivity index (χ0n) is 14.6. The molecular weight excluding hydrogens is 344 g/mol. The molecule has 0 saturated carbocycles. The zero-order chi connectivity index (χ0) is 17.9. The molecular formula is C21H20N2O2S. The van der Waals surface area contributed by atoms with E-state index in [0.717, 1.165) is 24.3 Å².